The first-order valence-corrected chi connectivity index (χ1v) is 8.93. The second-order valence-corrected chi connectivity index (χ2v) is 7.10. The molecule has 0 aliphatic heterocycles. The highest BCUT2D eigenvalue weighted by Crippen LogP contribution is 2.41. The summed E-state index contributed by atoms with van der Waals surface area (Å²) in [7, 11) is 4.64. The zero-order valence-electron chi connectivity index (χ0n) is 15.6. The molecule has 2 atom stereocenters. The topological polar surface area (TPSA) is 82.8 Å². The number of methoxy groups -OCH3 is 3. The molecular weight excluding hydrogens is 356 g/mol. The van der Waals surface area contributed by atoms with E-state index in [2.05, 4.69) is 5.32 Å². The summed E-state index contributed by atoms with van der Waals surface area (Å²) >= 11 is 0. The van der Waals surface area contributed by atoms with Crippen LogP contribution in [0.5, 0.6) is 17.2 Å². The summed E-state index contributed by atoms with van der Waals surface area (Å²) in [6, 6.07) is 3.87. The molecule has 1 amide bonds. The van der Waals surface area contributed by atoms with Gasteiger partial charge in [-0.1, -0.05) is 6.42 Å². The van der Waals surface area contributed by atoms with E-state index in [1.54, 1.807) is 33.5 Å². The zero-order valence-corrected chi connectivity index (χ0v) is 16.4. The maximum absolute atomic E-state index is 12.9. The van der Waals surface area contributed by atoms with Crippen LogP contribution in [-0.2, 0) is 0 Å². The van der Waals surface area contributed by atoms with Crippen molar-refractivity contribution in [2.45, 2.75) is 44.2 Å². The molecular formula is C19H29ClN2O4. The number of benzene rings is 1. The first-order chi connectivity index (χ1) is 12.1. The van der Waals surface area contributed by atoms with E-state index in [4.69, 9.17) is 19.9 Å². The van der Waals surface area contributed by atoms with Crippen LogP contribution >= 0.6 is 12.4 Å². The number of carbonyl (C=O) groups is 1. The molecule has 3 N–H and O–H groups in total. The molecule has 0 aromatic heterocycles. The standard InChI is InChI=1S/C19H28N2O4.ClH/c1-23-15-9-13(10-16(24-2)18(15)25-3)19(22)21-17-11-5-4-6-12(17)8-14(20)7-11;/h9-12,14,17H,4-8,20H2,1-3H3,(H,21,22);1H. The van der Waals surface area contributed by atoms with Gasteiger partial charge in [-0.3, -0.25) is 4.79 Å². The number of ether oxygens (including phenoxy) is 3. The van der Waals surface area contributed by atoms with Crippen LogP contribution in [0.2, 0.25) is 0 Å². The van der Waals surface area contributed by atoms with Crippen molar-refractivity contribution >= 4 is 18.3 Å². The Bertz CT molecular complexity index is 601. The third kappa shape index (κ3) is 4.01. The molecule has 3 rings (SSSR count). The molecule has 2 fully saturated rings. The lowest BCUT2D eigenvalue weighted by molar-refractivity contribution is 0.0755. The molecule has 2 saturated carbocycles. The molecule has 2 bridgehead atoms. The highest BCUT2D eigenvalue weighted by atomic mass is 35.5. The van der Waals surface area contributed by atoms with Gasteiger partial charge in [-0.2, -0.15) is 0 Å². The first kappa shape index (κ1) is 20.6. The molecule has 2 aliphatic carbocycles. The van der Waals surface area contributed by atoms with E-state index in [0.29, 0.717) is 34.6 Å². The van der Waals surface area contributed by atoms with E-state index < -0.39 is 0 Å². The van der Waals surface area contributed by atoms with Crippen LogP contribution in [-0.4, -0.2) is 39.3 Å². The van der Waals surface area contributed by atoms with Crippen LogP contribution in [0, 0.1) is 11.8 Å². The Labute approximate surface area is 161 Å². The molecule has 1 aromatic rings. The number of rotatable bonds is 5. The SMILES string of the molecule is COc1cc(C(=O)NC2C3CCCC2CC(N)C3)cc(OC)c1OC.Cl. The second-order valence-electron chi connectivity index (χ2n) is 7.10. The fourth-order valence-electron chi connectivity index (χ4n) is 4.47. The Kier molecular flexibility index (Phi) is 7.01. The predicted molar refractivity (Wildman–Crippen MR) is 103 cm³/mol. The van der Waals surface area contributed by atoms with E-state index in [-0.39, 0.29) is 30.4 Å². The van der Waals surface area contributed by atoms with Gasteiger partial charge in [0.25, 0.3) is 5.91 Å². The molecule has 0 saturated heterocycles. The van der Waals surface area contributed by atoms with Crippen molar-refractivity contribution in [1.29, 1.82) is 0 Å². The number of fused-ring (bicyclic) bond motifs is 2. The van der Waals surface area contributed by atoms with Crippen molar-refractivity contribution in [2.75, 3.05) is 21.3 Å². The van der Waals surface area contributed by atoms with E-state index in [1.807, 2.05) is 0 Å². The van der Waals surface area contributed by atoms with E-state index in [0.717, 1.165) is 25.7 Å². The zero-order chi connectivity index (χ0) is 18.0. The van der Waals surface area contributed by atoms with Crippen molar-refractivity contribution in [3.05, 3.63) is 17.7 Å². The number of nitrogens with one attached hydrogen (secondary N) is 1. The lowest BCUT2D eigenvalue weighted by atomic mass is 9.67. The molecule has 146 valence electrons. The largest absolute Gasteiger partial charge is 0.493 e. The fourth-order valence-corrected chi connectivity index (χ4v) is 4.47. The lowest BCUT2D eigenvalue weighted by Gasteiger charge is -2.45. The predicted octanol–water partition coefficient (Wildman–Crippen LogP) is 2.77. The Hall–Kier alpha value is -1.66. The van der Waals surface area contributed by atoms with Crippen molar-refractivity contribution in [3.8, 4) is 17.2 Å². The van der Waals surface area contributed by atoms with Gasteiger partial charge < -0.3 is 25.3 Å². The molecule has 0 spiro atoms. The summed E-state index contributed by atoms with van der Waals surface area (Å²) in [5, 5.41) is 3.25. The molecule has 2 unspecified atom stereocenters. The average molecular weight is 385 g/mol. The van der Waals surface area contributed by atoms with E-state index >= 15 is 0 Å². The summed E-state index contributed by atoms with van der Waals surface area (Å²) in [5.74, 6) is 2.32. The fraction of sp³-hybridized carbons (Fsp3) is 0.632. The third-order valence-electron chi connectivity index (χ3n) is 5.60. The minimum Gasteiger partial charge on any atom is -0.493 e. The molecule has 2 aliphatic rings. The maximum atomic E-state index is 12.9. The number of amides is 1. The Balaban J connectivity index is 0.00000243. The van der Waals surface area contributed by atoms with Gasteiger partial charge >= 0.3 is 0 Å². The van der Waals surface area contributed by atoms with Crippen molar-refractivity contribution in [1.82, 2.24) is 5.32 Å². The summed E-state index contributed by atoms with van der Waals surface area (Å²) in [6.45, 7) is 0. The summed E-state index contributed by atoms with van der Waals surface area (Å²) < 4.78 is 16.0. The summed E-state index contributed by atoms with van der Waals surface area (Å²) in [5.41, 5.74) is 6.69. The molecule has 1 aromatic carbocycles. The lowest BCUT2D eigenvalue weighted by Crippen LogP contribution is -2.53. The van der Waals surface area contributed by atoms with Gasteiger partial charge in [0.2, 0.25) is 5.75 Å². The van der Waals surface area contributed by atoms with Gasteiger partial charge in [-0.25, -0.2) is 0 Å². The van der Waals surface area contributed by atoms with E-state index in [9.17, 15) is 4.79 Å². The van der Waals surface area contributed by atoms with Crippen LogP contribution in [0.4, 0.5) is 0 Å². The molecule has 7 heteroatoms. The van der Waals surface area contributed by atoms with Crippen molar-refractivity contribution in [2.24, 2.45) is 17.6 Å². The minimum absolute atomic E-state index is 0. The maximum Gasteiger partial charge on any atom is 0.251 e. The van der Waals surface area contributed by atoms with Crippen LogP contribution < -0.4 is 25.3 Å². The van der Waals surface area contributed by atoms with Crippen molar-refractivity contribution in [3.63, 3.8) is 0 Å². The number of hydrogen-bond donors (Lipinski definition) is 2. The van der Waals surface area contributed by atoms with Gasteiger partial charge in [0.15, 0.2) is 11.5 Å². The van der Waals surface area contributed by atoms with Crippen LogP contribution in [0.25, 0.3) is 0 Å². The van der Waals surface area contributed by atoms with Gasteiger partial charge in [-0.05, 0) is 49.7 Å². The quantitative estimate of drug-likeness (QED) is 0.815. The van der Waals surface area contributed by atoms with Crippen LogP contribution in [0.3, 0.4) is 0 Å². The molecule has 0 radical (unpaired) electrons. The number of hydrogen-bond acceptors (Lipinski definition) is 5. The Morgan fingerprint density at radius 2 is 1.58 bits per heavy atom. The number of carbonyl (C=O) groups excluding carboxylic acids is 1. The van der Waals surface area contributed by atoms with Gasteiger partial charge in [0, 0.05) is 17.6 Å². The Morgan fingerprint density at radius 3 is 2.04 bits per heavy atom. The van der Waals surface area contributed by atoms with Gasteiger partial charge in [-0.15, -0.1) is 12.4 Å². The normalized spacial score (nSPS) is 27.1. The molecule has 26 heavy (non-hydrogen) atoms. The van der Waals surface area contributed by atoms with Crippen LogP contribution in [0.1, 0.15) is 42.5 Å². The third-order valence-corrected chi connectivity index (χ3v) is 5.60. The number of halogens is 1. The monoisotopic (exact) mass is 384 g/mol. The molecule has 0 heterocycles. The Morgan fingerprint density at radius 1 is 1.04 bits per heavy atom. The molecule has 6 nitrogen and oxygen atoms in total. The van der Waals surface area contributed by atoms with E-state index in [1.165, 1.54) is 6.42 Å². The number of nitrogens with two attached hydrogens (primary N) is 1. The van der Waals surface area contributed by atoms with Gasteiger partial charge in [0.1, 0.15) is 0 Å². The summed E-state index contributed by atoms with van der Waals surface area (Å²) in [6.07, 6.45) is 5.51. The second kappa shape index (κ2) is 8.82. The van der Waals surface area contributed by atoms with Crippen molar-refractivity contribution < 1.29 is 19.0 Å². The summed E-state index contributed by atoms with van der Waals surface area (Å²) in [4.78, 5) is 12.9. The first-order valence-electron chi connectivity index (χ1n) is 8.93. The highest BCUT2D eigenvalue weighted by Gasteiger charge is 2.40. The van der Waals surface area contributed by atoms with Crippen LogP contribution in [0.15, 0.2) is 12.1 Å². The smallest absolute Gasteiger partial charge is 0.251 e. The minimum atomic E-state index is -0.100. The average Bonchev–Trinajstić information content (AvgIpc) is 2.60. The highest BCUT2D eigenvalue weighted by molar-refractivity contribution is 5.95. The van der Waals surface area contributed by atoms with Gasteiger partial charge in [0.05, 0.1) is 21.3 Å².